The molecule has 1 saturated carbocycles. The number of carbonyl (C=O) groups excluding carboxylic acids is 1. The molecule has 1 aromatic carbocycles. The summed E-state index contributed by atoms with van der Waals surface area (Å²) in [5, 5.41) is 8.77. The van der Waals surface area contributed by atoms with E-state index in [1.807, 2.05) is 23.1 Å². The van der Waals surface area contributed by atoms with Gasteiger partial charge in [0.25, 0.3) is 0 Å². The van der Waals surface area contributed by atoms with Crippen LogP contribution >= 0.6 is 0 Å². The molecule has 0 bridgehead atoms. The first-order valence-electron chi connectivity index (χ1n) is 7.86. The first-order valence-corrected chi connectivity index (χ1v) is 7.86. The number of amides is 1. The Labute approximate surface area is 125 Å². The molecule has 1 amide bonds. The highest BCUT2D eigenvalue weighted by atomic mass is 16.5. The highest BCUT2D eigenvalue weighted by molar-refractivity contribution is 5.83. The molecule has 2 atom stereocenters. The molecule has 3 rings (SSSR count). The van der Waals surface area contributed by atoms with E-state index in [0.717, 1.165) is 32.4 Å². The van der Waals surface area contributed by atoms with E-state index in [4.69, 9.17) is 9.84 Å². The number of nitrogens with zero attached hydrogens (tertiary/aromatic N) is 1. The topological polar surface area (TPSA) is 49.8 Å². The summed E-state index contributed by atoms with van der Waals surface area (Å²) in [7, 11) is 0. The molecule has 4 heteroatoms. The maximum atomic E-state index is 12.5. The van der Waals surface area contributed by atoms with Crippen molar-refractivity contribution >= 4 is 5.91 Å². The van der Waals surface area contributed by atoms with Crippen molar-refractivity contribution in [1.29, 1.82) is 0 Å². The minimum atomic E-state index is 0.0694. The largest absolute Gasteiger partial charge is 0.394 e. The predicted octanol–water partition coefficient (Wildman–Crippen LogP) is 1.79. The van der Waals surface area contributed by atoms with Gasteiger partial charge in [0.15, 0.2) is 0 Å². The molecular weight excluding hydrogens is 266 g/mol. The molecule has 114 valence electrons. The van der Waals surface area contributed by atoms with Crippen molar-refractivity contribution in [2.75, 3.05) is 26.3 Å². The predicted molar refractivity (Wildman–Crippen MR) is 79.9 cm³/mol. The van der Waals surface area contributed by atoms with Crippen LogP contribution < -0.4 is 0 Å². The van der Waals surface area contributed by atoms with Gasteiger partial charge in [-0.1, -0.05) is 30.3 Å². The monoisotopic (exact) mass is 289 g/mol. The molecule has 1 aliphatic carbocycles. The van der Waals surface area contributed by atoms with Crippen LogP contribution in [0.25, 0.3) is 0 Å². The summed E-state index contributed by atoms with van der Waals surface area (Å²) < 4.78 is 5.54. The van der Waals surface area contributed by atoms with E-state index in [2.05, 4.69) is 12.1 Å². The number of aliphatic hydroxyl groups excluding tert-OH is 1. The summed E-state index contributed by atoms with van der Waals surface area (Å²) >= 11 is 0. The van der Waals surface area contributed by atoms with Crippen LogP contribution in [0.4, 0.5) is 0 Å². The molecule has 1 aliphatic heterocycles. The van der Waals surface area contributed by atoms with Gasteiger partial charge in [0.1, 0.15) is 0 Å². The van der Waals surface area contributed by atoms with Crippen LogP contribution in [-0.2, 0) is 9.53 Å². The van der Waals surface area contributed by atoms with Crippen LogP contribution in [-0.4, -0.2) is 48.3 Å². The fraction of sp³-hybridized carbons (Fsp3) is 0.588. The van der Waals surface area contributed by atoms with Gasteiger partial charge in [-0.3, -0.25) is 4.79 Å². The summed E-state index contributed by atoms with van der Waals surface area (Å²) in [6.07, 6.45) is 2.96. The van der Waals surface area contributed by atoms with Crippen molar-refractivity contribution in [3.63, 3.8) is 0 Å². The highest BCUT2D eigenvalue weighted by Crippen LogP contribution is 2.48. The van der Waals surface area contributed by atoms with Crippen molar-refractivity contribution in [1.82, 2.24) is 4.90 Å². The van der Waals surface area contributed by atoms with Gasteiger partial charge >= 0.3 is 0 Å². The lowest BCUT2D eigenvalue weighted by molar-refractivity contribution is -0.135. The first kappa shape index (κ1) is 14.5. The van der Waals surface area contributed by atoms with E-state index in [1.165, 1.54) is 5.56 Å². The zero-order chi connectivity index (χ0) is 14.7. The maximum absolute atomic E-state index is 12.5. The lowest BCUT2D eigenvalue weighted by Crippen LogP contribution is -2.42. The van der Waals surface area contributed by atoms with Gasteiger partial charge in [0.2, 0.25) is 5.91 Å². The number of ether oxygens (including phenoxy) is 1. The number of likely N-dealkylation sites (tertiary alicyclic amines) is 1. The molecule has 0 radical (unpaired) electrons. The third-order valence-electron chi connectivity index (χ3n) is 4.53. The third-order valence-corrected chi connectivity index (χ3v) is 4.53. The van der Waals surface area contributed by atoms with E-state index in [-0.39, 0.29) is 18.6 Å². The first-order chi connectivity index (χ1) is 10.3. The summed E-state index contributed by atoms with van der Waals surface area (Å²) in [6.45, 7) is 2.04. The van der Waals surface area contributed by atoms with Gasteiger partial charge in [0.05, 0.1) is 19.3 Å². The van der Waals surface area contributed by atoms with Gasteiger partial charge in [-0.05, 0) is 30.7 Å². The van der Waals surface area contributed by atoms with Gasteiger partial charge in [0, 0.05) is 19.0 Å². The molecule has 2 unspecified atom stereocenters. The normalized spacial score (nSPS) is 25.9. The Balaban J connectivity index is 1.48. The maximum Gasteiger partial charge on any atom is 0.226 e. The van der Waals surface area contributed by atoms with Crippen molar-refractivity contribution in [3.05, 3.63) is 35.9 Å². The molecule has 0 aromatic heterocycles. The Morgan fingerprint density at radius 2 is 1.95 bits per heavy atom. The molecular formula is C17H23NO3. The second-order valence-electron chi connectivity index (χ2n) is 5.98. The molecule has 1 aromatic rings. The second kappa shape index (κ2) is 6.58. The Bertz CT molecular complexity index is 468. The smallest absolute Gasteiger partial charge is 0.226 e. The van der Waals surface area contributed by atoms with E-state index < -0.39 is 0 Å². The van der Waals surface area contributed by atoms with Crippen LogP contribution in [0.2, 0.25) is 0 Å². The number of rotatable bonds is 5. The van der Waals surface area contributed by atoms with Crippen LogP contribution in [0.15, 0.2) is 30.3 Å². The van der Waals surface area contributed by atoms with E-state index in [9.17, 15) is 4.79 Å². The number of hydrogen-bond acceptors (Lipinski definition) is 3. The van der Waals surface area contributed by atoms with Crippen LogP contribution in [0.5, 0.6) is 0 Å². The number of piperidine rings is 1. The zero-order valence-electron chi connectivity index (χ0n) is 12.3. The summed E-state index contributed by atoms with van der Waals surface area (Å²) in [6, 6.07) is 10.3. The number of benzene rings is 1. The summed E-state index contributed by atoms with van der Waals surface area (Å²) in [4.78, 5) is 14.5. The van der Waals surface area contributed by atoms with E-state index in [0.29, 0.717) is 18.4 Å². The quantitative estimate of drug-likeness (QED) is 0.899. The lowest BCUT2D eigenvalue weighted by atomic mass is 10.1. The minimum absolute atomic E-state index is 0.0694. The Morgan fingerprint density at radius 1 is 1.24 bits per heavy atom. The van der Waals surface area contributed by atoms with Gasteiger partial charge in [-0.25, -0.2) is 0 Å². The molecule has 1 saturated heterocycles. The van der Waals surface area contributed by atoms with Gasteiger partial charge in [-0.2, -0.15) is 0 Å². The second-order valence-corrected chi connectivity index (χ2v) is 5.98. The molecule has 1 N–H and O–H groups in total. The molecule has 2 aliphatic rings. The molecule has 4 nitrogen and oxygen atoms in total. The Morgan fingerprint density at radius 3 is 2.62 bits per heavy atom. The molecule has 21 heavy (non-hydrogen) atoms. The fourth-order valence-corrected chi connectivity index (χ4v) is 3.23. The SMILES string of the molecule is O=C(C1CC1c1ccccc1)N1CCC(OCCO)CC1. The third kappa shape index (κ3) is 3.44. The van der Waals surface area contributed by atoms with Crippen LogP contribution in [0.3, 0.4) is 0 Å². The van der Waals surface area contributed by atoms with Crippen molar-refractivity contribution in [2.24, 2.45) is 5.92 Å². The number of aliphatic hydroxyl groups is 1. The average molecular weight is 289 g/mol. The Kier molecular flexibility index (Phi) is 4.56. The lowest BCUT2D eigenvalue weighted by Gasteiger charge is -2.32. The standard InChI is InChI=1S/C17H23NO3/c19-10-11-21-14-6-8-18(9-7-14)17(20)16-12-15(16)13-4-2-1-3-5-13/h1-5,14-16,19H,6-12H2. The molecule has 1 heterocycles. The highest BCUT2D eigenvalue weighted by Gasteiger charge is 2.46. The Hall–Kier alpha value is -1.39. The minimum Gasteiger partial charge on any atom is -0.394 e. The van der Waals surface area contributed by atoms with E-state index in [1.54, 1.807) is 0 Å². The van der Waals surface area contributed by atoms with Gasteiger partial charge in [-0.15, -0.1) is 0 Å². The van der Waals surface area contributed by atoms with E-state index >= 15 is 0 Å². The van der Waals surface area contributed by atoms with Gasteiger partial charge < -0.3 is 14.7 Å². The average Bonchev–Trinajstić information content (AvgIpc) is 3.34. The summed E-state index contributed by atoms with van der Waals surface area (Å²) in [5.74, 6) is 0.911. The number of hydrogen-bond donors (Lipinski definition) is 1. The van der Waals surface area contributed by atoms with Crippen LogP contribution in [0.1, 0.15) is 30.7 Å². The van der Waals surface area contributed by atoms with Crippen molar-refractivity contribution in [3.8, 4) is 0 Å². The molecule has 2 fully saturated rings. The summed E-state index contributed by atoms with van der Waals surface area (Å²) in [5.41, 5.74) is 1.29. The number of carbonyl (C=O) groups is 1. The molecule has 0 spiro atoms. The zero-order valence-corrected chi connectivity index (χ0v) is 12.3. The fourth-order valence-electron chi connectivity index (χ4n) is 3.23. The van der Waals surface area contributed by atoms with Crippen LogP contribution in [0, 0.1) is 5.92 Å². The van der Waals surface area contributed by atoms with Crippen molar-refractivity contribution in [2.45, 2.75) is 31.3 Å². The van der Waals surface area contributed by atoms with Crippen molar-refractivity contribution < 1.29 is 14.6 Å².